The number of thioether (sulfide) groups is 1. The van der Waals surface area contributed by atoms with Crippen LogP contribution in [0.25, 0.3) is 11.3 Å². The summed E-state index contributed by atoms with van der Waals surface area (Å²) in [5.41, 5.74) is 1.41. The zero-order valence-corrected chi connectivity index (χ0v) is 21.0. The van der Waals surface area contributed by atoms with Gasteiger partial charge in [-0.05, 0) is 48.0 Å². The van der Waals surface area contributed by atoms with Crippen LogP contribution in [0.4, 0.5) is 18.9 Å². The molecule has 4 rings (SSSR count). The van der Waals surface area contributed by atoms with E-state index in [9.17, 15) is 28.0 Å². The number of carbonyl (C=O) groups is 1. The smallest absolute Gasteiger partial charge is 0.497 e. The minimum atomic E-state index is -4.86. The number of benzene rings is 3. The van der Waals surface area contributed by atoms with Gasteiger partial charge in [0.15, 0.2) is 5.16 Å². The van der Waals surface area contributed by atoms with Crippen molar-refractivity contribution in [3.8, 4) is 28.8 Å². The van der Waals surface area contributed by atoms with Crippen LogP contribution < -0.4 is 20.3 Å². The summed E-state index contributed by atoms with van der Waals surface area (Å²) in [5.74, 6) is -0.125. The lowest BCUT2D eigenvalue weighted by Gasteiger charge is -2.11. The molecule has 39 heavy (non-hydrogen) atoms. The van der Waals surface area contributed by atoms with Gasteiger partial charge in [-0.2, -0.15) is 5.26 Å². The third-order valence-corrected chi connectivity index (χ3v) is 6.21. The van der Waals surface area contributed by atoms with Crippen molar-refractivity contribution in [2.45, 2.75) is 17.3 Å². The molecule has 0 saturated heterocycles. The normalized spacial score (nSPS) is 10.9. The maximum absolute atomic E-state index is 12.5. The number of halogens is 3. The van der Waals surface area contributed by atoms with Crippen LogP contribution in [0.2, 0.25) is 0 Å². The van der Waals surface area contributed by atoms with Crippen LogP contribution in [0, 0.1) is 11.3 Å². The third kappa shape index (κ3) is 7.18. The lowest BCUT2D eigenvalue weighted by Crippen LogP contribution is -2.18. The van der Waals surface area contributed by atoms with Gasteiger partial charge in [-0.15, -0.1) is 13.2 Å². The Balaban J connectivity index is 1.44. The number of carbonyl (C=O) groups excluding carboxylic acids is 1. The lowest BCUT2D eigenvalue weighted by molar-refractivity contribution is -0.274. The van der Waals surface area contributed by atoms with Crippen molar-refractivity contribution in [2.24, 2.45) is 0 Å². The molecule has 198 valence electrons. The number of aromatic nitrogens is 2. The summed E-state index contributed by atoms with van der Waals surface area (Å²) in [5, 5.41) is 12.4. The Bertz CT molecular complexity index is 1600. The summed E-state index contributed by atoms with van der Waals surface area (Å²) in [6.45, 7) is 0. The Labute approximate surface area is 224 Å². The van der Waals surface area contributed by atoms with E-state index in [4.69, 9.17) is 4.74 Å². The van der Waals surface area contributed by atoms with Crippen LogP contribution in [0.3, 0.4) is 0 Å². The number of hydrogen-bond acceptors (Lipinski definition) is 7. The monoisotopic (exact) mass is 552 g/mol. The van der Waals surface area contributed by atoms with E-state index in [1.54, 1.807) is 48.5 Å². The van der Waals surface area contributed by atoms with Crippen LogP contribution >= 0.6 is 11.8 Å². The summed E-state index contributed by atoms with van der Waals surface area (Å²) in [6, 6.07) is 20.3. The molecule has 0 aliphatic carbocycles. The standard InChI is InChI=1S/C27H19F3N4O4S/c1-37-20-6-2-4-17(12-20)23-22(14-31)25(36)34-26(33-23)39-15-16-8-10-19(11-9-16)32-24(35)18-5-3-7-21(13-18)38-27(28,29)30/h2-13H,15H2,1H3,(H,32,35)(H,33,34,36). The van der Waals surface area contributed by atoms with Gasteiger partial charge in [-0.3, -0.25) is 9.59 Å². The minimum Gasteiger partial charge on any atom is -0.497 e. The van der Waals surface area contributed by atoms with Gasteiger partial charge >= 0.3 is 6.36 Å². The fraction of sp³-hybridized carbons (Fsp3) is 0.111. The van der Waals surface area contributed by atoms with Gasteiger partial charge in [0.1, 0.15) is 23.1 Å². The van der Waals surface area contributed by atoms with Gasteiger partial charge in [0.2, 0.25) is 0 Å². The zero-order chi connectivity index (χ0) is 28.0. The molecule has 8 nitrogen and oxygen atoms in total. The molecule has 0 atom stereocenters. The molecule has 1 aromatic heterocycles. The summed E-state index contributed by atoms with van der Waals surface area (Å²) in [4.78, 5) is 32.1. The number of aromatic amines is 1. The van der Waals surface area contributed by atoms with E-state index < -0.39 is 23.6 Å². The molecule has 0 spiro atoms. The van der Waals surface area contributed by atoms with Crippen LogP contribution in [0.5, 0.6) is 11.5 Å². The Morgan fingerprint density at radius 1 is 1.08 bits per heavy atom. The van der Waals surface area contributed by atoms with E-state index in [1.165, 1.54) is 31.0 Å². The molecule has 0 aliphatic rings. The number of rotatable bonds is 8. The maximum atomic E-state index is 12.5. The van der Waals surface area contributed by atoms with Gasteiger partial charge in [0.25, 0.3) is 11.5 Å². The first-order chi connectivity index (χ1) is 18.6. The molecule has 0 fully saturated rings. The van der Waals surface area contributed by atoms with Crippen molar-refractivity contribution < 1.29 is 27.4 Å². The number of nitriles is 1. The fourth-order valence-electron chi connectivity index (χ4n) is 3.48. The fourth-order valence-corrected chi connectivity index (χ4v) is 4.29. The minimum absolute atomic E-state index is 0.000864. The number of H-pyrrole nitrogens is 1. The van der Waals surface area contributed by atoms with Crippen molar-refractivity contribution in [1.82, 2.24) is 9.97 Å². The topological polar surface area (TPSA) is 117 Å². The summed E-state index contributed by atoms with van der Waals surface area (Å²) < 4.78 is 46.4. The Morgan fingerprint density at radius 2 is 1.79 bits per heavy atom. The van der Waals surface area contributed by atoms with Gasteiger partial charge in [0, 0.05) is 22.6 Å². The quantitative estimate of drug-likeness (QED) is 0.211. The molecular formula is C27H19F3N4O4S. The van der Waals surface area contributed by atoms with Crippen LogP contribution in [0.15, 0.2) is 82.7 Å². The molecule has 12 heteroatoms. The molecule has 2 N–H and O–H groups in total. The van der Waals surface area contributed by atoms with E-state index in [2.05, 4.69) is 20.0 Å². The number of ether oxygens (including phenoxy) is 2. The average Bonchev–Trinajstić information content (AvgIpc) is 2.91. The lowest BCUT2D eigenvalue weighted by atomic mass is 10.1. The van der Waals surface area contributed by atoms with E-state index in [1.807, 2.05) is 6.07 Å². The number of alkyl halides is 3. The summed E-state index contributed by atoms with van der Waals surface area (Å²) >= 11 is 1.25. The molecule has 0 aliphatic heterocycles. The van der Waals surface area contributed by atoms with Gasteiger partial charge in [0.05, 0.1) is 12.8 Å². The second kappa shape index (κ2) is 11.7. The highest BCUT2D eigenvalue weighted by molar-refractivity contribution is 7.98. The summed E-state index contributed by atoms with van der Waals surface area (Å²) in [7, 11) is 1.51. The number of anilines is 1. The van der Waals surface area contributed by atoms with Crippen molar-refractivity contribution in [3.63, 3.8) is 0 Å². The Morgan fingerprint density at radius 3 is 2.49 bits per heavy atom. The molecule has 0 bridgehead atoms. The molecular weight excluding hydrogens is 533 g/mol. The molecule has 1 amide bonds. The van der Waals surface area contributed by atoms with Crippen LogP contribution in [-0.2, 0) is 5.75 Å². The molecule has 0 radical (unpaired) electrons. The highest BCUT2D eigenvalue weighted by Crippen LogP contribution is 2.27. The average molecular weight is 553 g/mol. The van der Waals surface area contributed by atoms with Gasteiger partial charge in [-0.1, -0.05) is 42.1 Å². The SMILES string of the molecule is COc1cccc(-c2nc(SCc3ccc(NC(=O)c4cccc(OC(F)(F)F)c4)cc3)[nH]c(=O)c2C#N)c1. The van der Waals surface area contributed by atoms with E-state index >= 15 is 0 Å². The van der Waals surface area contributed by atoms with E-state index in [-0.39, 0.29) is 16.8 Å². The molecule has 0 unspecified atom stereocenters. The molecule has 3 aromatic carbocycles. The Hall–Kier alpha value is -4.76. The first kappa shape index (κ1) is 27.3. The number of nitrogens with zero attached hydrogens (tertiary/aromatic N) is 2. The second-order valence-electron chi connectivity index (χ2n) is 7.95. The van der Waals surface area contributed by atoms with E-state index in [0.717, 1.165) is 17.7 Å². The molecule has 4 aromatic rings. The second-order valence-corrected chi connectivity index (χ2v) is 8.92. The van der Waals surface area contributed by atoms with Crippen molar-refractivity contribution >= 4 is 23.4 Å². The first-order valence-electron chi connectivity index (χ1n) is 11.2. The third-order valence-electron chi connectivity index (χ3n) is 5.27. The highest BCUT2D eigenvalue weighted by atomic mass is 32.2. The van der Waals surface area contributed by atoms with E-state index in [0.29, 0.717) is 27.9 Å². The number of nitrogens with one attached hydrogen (secondary N) is 2. The number of methoxy groups -OCH3 is 1. The number of amides is 1. The van der Waals surface area contributed by atoms with Crippen molar-refractivity contribution in [3.05, 3.63) is 99.8 Å². The number of hydrogen-bond donors (Lipinski definition) is 2. The van der Waals surface area contributed by atoms with Crippen LogP contribution in [-0.4, -0.2) is 29.3 Å². The predicted octanol–water partition coefficient (Wildman–Crippen LogP) is 5.76. The molecule has 1 heterocycles. The first-order valence-corrected chi connectivity index (χ1v) is 12.2. The predicted molar refractivity (Wildman–Crippen MR) is 139 cm³/mol. The van der Waals surface area contributed by atoms with Crippen LogP contribution in [0.1, 0.15) is 21.5 Å². The van der Waals surface area contributed by atoms with Crippen molar-refractivity contribution in [2.75, 3.05) is 12.4 Å². The Kier molecular flexibility index (Phi) is 8.21. The summed E-state index contributed by atoms with van der Waals surface area (Å²) in [6.07, 6.45) is -4.86. The highest BCUT2D eigenvalue weighted by Gasteiger charge is 2.31. The molecule has 0 saturated carbocycles. The van der Waals surface area contributed by atoms with Crippen molar-refractivity contribution in [1.29, 1.82) is 5.26 Å². The zero-order valence-electron chi connectivity index (χ0n) is 20.2. The largest absolute Gasteiger partial charge is 0.573 e. The van der Waals surface area contributed by atoms with Gasteiger partial charge < -0.3 is 19.8 Å². The maximum Gasteiger partial charge on any atom is 0.573 e. The van der Waals surface area contributed by atoms with Gasteiger partial charge in [-0.25, -0.2) is 4.98 Å².